The van der Waals surface area contributed by atoms with Gasteiger partial charge in [-0.1, -0.05) is 46.4 Å². The maximum Gasteiger partial charge on any atom is 0.277 e. The largest absolute Gasteiger partial charge is 0.482 e. The van der Waals surface area contributed by atoms with E-state index in [0.29, 0.717) is 42.9 Å². The van der Waals surface area contributed by atoms with Gasteiger partial charge in [0.05, 0.1) is 16.3 Å². The van der Waals surface area contributed by atoms with Crippen LogP contribution >= 0.6 is 46.4 Å². The van der Waals surface area contributed by atoms with Crippen molar-refractivity contribution in [1.82, 2.24) is 5.43 Å². The van der Waals surface area contributed by atoms with E-state index in [4.69, 9.17) is 55.6 Å². The topological polar surface area (TPSA) is 63.8 Å². The average Bonchev–Trinajstić information content (AvgIpc) is 3.11. The van der Waals surface area contributed by atoms with Crippen LogP contribution in [0.25, 0.3) is 11.3 Å². The minimum atomic E-state index is -0.466. The zero-order chi connectivity index (χ0) is 20.1. The highest BCUT2D eigenvalue weighted by molar-refractivity contribution is 6.36. The van der Waals surface area contributed by atoms with Crippen LogP contribution in [0.15, 0.2) is 58.0 Å². The van der Waals surface area contributed by atoms with Crippen molar-refractivity contribution in [2.24, 2.45) is 5.10 Å². The molecule has 1 amide bonds. The summed E-state index contributed by atoms with van der Waals surface area (Å²) in [5, 5.41) is 5.66. The molecule has 1 heterocycles. The minimum Gasteiger partial charge on any atom is -0.482 e. The lowest BCUT2D eigenvalue weighted by atomic mass is 10.2. The number of amides is 1. The van der Waals surface area contributed by atoms with Crippen LogP contribution in [0.4, 0.5) is 0 Å². The lowest BCUT2D eigenvalue weighted by Gasteiger charge is -2.06. The van der Waals surface area contributed by atoms with Gasteiger partial charge in [0.25, 0.3) is 5.91 Å². The number of hydrazone groups is 1. The number of carbonyl (C=O) groups is 1. The Bertz CT molecular complexity index is 1030. The molecule has 144 valence electrons. The van der Waals surface area contributed by atoms with Crippen LogP contribution in [0.1, 0.15) is 5.76 Å². The Hall–Kier alpha value is -2.18. The smallest absolute Gasteiger partial charge is 0.277 e. The molecule has 3 rings (SSSR count). The van der Waals surface area contributed by atoms with E-state index in [2.05, 4.69) is 10.5 Å². The molecule has 0 atom stereocenters. The number of carbonyl (C=O) groups excluding carboxylic acids is 1. The highest BCUT2D eigenvalue weighted by Gasteiger charge is 2.09. The molecule has 0 saturated carbocycles. The molecule has 0 aliphatic carbocycles. The van der Waals surface area contributed by atoms with Gasteiger partial charge in [-0.05, 0) is 48.5 Å². The molecule has 0 unspecified atom stereocenters. The van der Waals surface area contributed by atoms with Gasteiger partial charge in [0.1, 0.15) is 17.3 Å². The second-order valence-corrected chi connectivity index (χ2v) is 7.17. The Morgan fingerprint density at radius 1 is 1.00 bits per heavy atom. The summed E-state index contributed by atoms with van der Waals surface area (Å²) >= 11 is 23.9. The molecule has 9 heteroatoms. The third kappa shape index (κ3) is 5.42. The normalized spacial score (nSPS) is 11.0. The molecule has 1 N–H and O–H groups in total. The van der Waals surface area contributed by atoms with Crippen molar-refractivity contribution in [2.45, 2.75) is 0 Å². The highest BCUT2D eigenvalue weighted by atomic mass is 35.5. The van der Waals surface area contributed by atoms with Crippen molar-refractivity contribution in [3.8, 4) is 17.1 Å². The number of hydrogen-bond acceptors (Lipinski definition) is 4. The fraction of sp³-hybridized carbons (Fsp3) is 0.0526. The van der Waals surface area contributed by atoms with Gasteiger partial charge in [-0.15, -0.1) is 0 Å². The summed E-state index contributed by atoms with van der Waals surface area (Å²) in [5.74, 6) is 0.834. The third-order valence-electron chi connectivity index (χ3n) is 3.45. The molecule has 0 aliphatic heterocycles. The zero-order valence-corrected chi connectivity index (χ0v) is 17.1. The van der Waals surface area contributed by atoms with Gasteiger partial charge in [0, 0.05) is 15.6 Å². The van der Waals surface area contributed by atoms with Crippen molar-refractivity contribution in [1.29, 1.82) is 0 Å². The van der Waals surface area contributed by atoms with Crippen LogP contribution in [0.3, 0.4) is 0 Å². The van der Waals surface area contributed by atoms with E-state index < -0.39 is 5.91 Å². The summed E-state index contributed by atoms with van der Waals surface area (Å²) in [6.45, 7) is -0.264. The van der Waals surface area contributed by atoms with Crippen LogP contribution in [-0.4, -0.2) is 18.7 Å². The maximum atomic E-state index is 11.8. The zero-order valence-electron chi connectivity index (χ0n) is 14.1. The summed E-state index contributed by atoms with van der Waals surface area (Å²) in [4.78, 5) is 11.8. The van der Waals surface area contributed by atoms with Gasteiger partial charge in [-0.2, -0.15) is 5.10 Å². The molecule has 0 aliphatic rings. The molecule has 0 spiro atoms. The molecule has 28 heavy (non-hydrogen) atoms. The molecule has 1 aromatic heterocycles. The number of benzene rings is 2. The lowest BCUT2D eigenvalue weighted by Crippen LogP contribution is -2.24. The Balaban J connectivity index is 1.55. The Kier molecular flexibility index (Phi) is 6.86. The Morgan fingerprint density at radius 2 is 1.75 bits per heavy atom. The quantitative estimate of drug-likeness (QED) is 0.359. The molecule has 3 aromatic rings. The van der Waals surface area contributed by atoms with E-state index in [1.54, 1.807) is 42.5 Å². The second-order valence-electron chi connectivity index (χ2n) is 5.48. The summed E-state index contributed by atoms with van der Waals surface area (Å²) < 4.78 is 11.0. The van der Waals surface area contributed by atoms with Gasteiger partial charge in [0.2, 0.25) is 0 Å². The van der Waals surface area contributed by atoms with E-state index in [0.717, 1.165) is 0 Å². The van der Waals surface area contributed by atoms with Gasteiger partial charge in [-0.25, -0.2) is 5.43 Å². The molecule has 0 fully saturated rings. The van der Waals surface area contributed by atoms with Gasteiger partial charge in [-0.3, -0.25) is 4.79 Å². The van der Waals surface area contributed by atoms with Crippen molar-refractivity contribution >= 4 is 58.5 Å². The van der Waals surface area contributed by atoms with Crippen LogP contribution in [0, 0.1) is 0 Å². The fourth-order valence-corrected chi connectivity index (χ4v) is 3.03. The molecular weight excluding hydrogens is 446 g/mol. The first-order valence-electron chi connectivity index (χ1n) is 7.87. The molecule has 5 nitrogen and oxygen atoms in total. The number of rotatable bonds is 6. The van der Waals surface area contributed by atoms with Crippen molar-refractivity contribution in [3.05, 3.63) is 74.4 Å². The van der Waals surface area contributed by atoms with Gasteiger partial charge < -0.3 is 9.15 Å². The molecule has 0 bridgehead atoms. The van der Waals surface area contributed by atoms with Crippen LogP contribution in [-0.2, 0) is 4.79 Å². The predicted molar refractivity (Wildman–Crippen MR) is 112 cm³/mol. The van der Waals surface area contributed by atoms with Crippen molar-refractivity contribution < 1.29 is 13.9 Å². The number of ether oxygens (including phenoxy) is 1. The Labute approximate surface area is 180 Å². The SMILES string of the molecule is O=C(COc1ccc(Cl)cc1Cl)N/N=C/c1ccc(-c2cc(Cl)ccc2Cl)o1. The molecule has 0 saturated heterocycles. The monoisotopic (exact) mass is 456 g/mol. The number of nitrogens with zero attached hydrogens (tertiary/aromatic N) is 1. The van der Waals surface area contributed by atoms with Crippen LogP contribution < -0.4 is 10.2 Å². The van der Waals surface area contributed by atoms with Crippen molar-refractivity contribution in [2.75, 3.05) is 6.61 Å². The number of halogens is 4. The van der Waals surface area contributed by atoms with Gasteiger partial charge >= 0.3 is 0 Å². The Morgan fingerprint density at radius 3 is 2.54 bits per heavy atom. The number of furan rings is 1. The van der Waals surface area contributed by atoms with E-state index in [1.807, 2.05) is 0 Å². The van der Waals surface area contributed by atoms with Crippen molar-refractivity contribution in [3.63, 3.8) is 0 Å². The average molecular weight is 458 g/mol. The molecule has 0 radical (unpaired) electrons. The van der Waals surface area contributed by atoms with Gasteiger partial charge in [0.15, 0.2) is 6.61 Å². The number of hydrogen-bond donors (Lipinski definition) is 1. The summed E-state index contributed by atoms with van der Waals surface area (Å²) in [6, 6.07) is 13.2. The van der Waals surface area contributed by atoms with E-state index in [-0.39, 0.29) is 6.61 Å². The number of nitrogens with one attached hydrogen (secondary N) is 1. The first kappa shape index (κ1) is 20.6. The lowest BCUT2D eigenvalue weighted by molar-refractivity contribution is -0.123. The standard InChI is InChI=1S/C19H12Cl4N2O3/c20-11-1-4-15(22)14(7-11)17-6-3-13(28-17)9-24-25-19(26)10-27-18-5-2-12(21)8-16(18)23/h1-9H,10H2,(H,25,26)/b24-9+. The minimum absolute atomic E-state index is 0.264. The maximum absolute atomic E-state index is 11.8. The van der Waals surface area contributed by atoms with Crippen LogP contribution in [0.5, 0.6) is 5.75 Å². The molecular formula is C19H12Cl4N2O3. The summed E-state index contributed by atoms with van der Waals surface area (Å²) in [7, 11) is 0. The third-order valence-corrected chi connectivity index (χ3v) is 4.55. The first-order chi connectivity index (χ1) is 13.4. The summed E-state index contributed by atoms with van der Waals surface area (Å²) in [6.07, 6.45) is 1.36. The van der Waals surface area contributed by atoms with E-state index in [1.165, 1.54) is 12.3 Å². The first-order valence-corrected chi connectivity index (χ1v) is 9.38. The predicted octanol–water partition coefficient (Wildman–Crippen LogP) is 6.09. The highest BCUT2D eigenvalue weighted by Crippen LogP contribution is 2.31. The van der Waals surface area contributed by atoms with E-state index >= 15 is 0 Å². The fourth-order valence-electron chi connectivity index (χ4n) is 2.19. The molecule has 2 aromatic carbocycles. The summed E-state index contributed by atoms with van der Waals surface area (Å²) in [5.41, 5.74) is 2.99. The second kappa shape index (κ2) is 9.34. The van der Waals surface area contributed by atoms with E-state index in [9.17, 15) is 4.79 Å². The van der Waals surface area contributed by atoms with Crippen LogP contribution in [0.2, 0.25) is 20.1 Å².